The van der Waals surface area contributed by atoms with E-state index in [1.807, 2.05) is 18.2 Å². The molecule has 0 fully saturated rings. The highest BCUT2D eigenvalue weighted by atomic mass is 28.2. The third kappa shape index (κ3) is 5.10. The molecule has 2 heteroatoms. The summed E-state index contributed by atoms with van der Waals surface area (Å²) in [6.07, 6.45) is 6.07. The zero-order valence-corrected chi connectivity index (χ0v) is 11.2. The third-order valence-electron chi connectivity index (χ3n) is 2.54. The summed E-state index contributed by atoms with van der Waals surface area (Å²) in [5.41, 5.74) is 0. The topological polar surface area (TPSA) is 9.23 Å². The van der Waals surface area contributed by atoms with E-state index in [2.05, 4.69) is 37.4 Å². The van der Waals surface area contributed by atoms with Gasteiger partial charge in [-0.2, -0.15) is 0 Å². The zero-order chi connectivity index (χ0) is 11.6. The van der Waals surface area contributed by atoms with Crippen LogP contribution in [0.5, 0.6) is 0 Å². The van der Waals surface area contributed by atoms with Crippen molar-refractivity contribution in [1.82, 2.24) is 0 Å². The molecule has 1 nitrogen and oxygen atoms in total. The lowest BCUT2D eigenvalue weighted by atomic mass is 10.0. The van der Waals surface area contributed by atoms with Crippen LogP contribution in [0.25, 0.3) is 0 Å². The number of hydrogen-bond donors (Lipinski definition) is 0. The van der Waals surface area contributed by atoms with Crippen LogP contribution < -0.4 is 5.19 Å². The molecule has 1 aromatic carbocycles. The second-order valence-electron chi connectivity index (χ2n) is 3.82. The fourth-order valence-electron chi connectivity index (χ4n) is 1.52. The first-order valence-corrected chi connectivity index (χ1v) is 7.02. The largest absolute Gasteiger partial charge is 0.419 e. The molecule has 0 saturated carbocycles. The van der Waals surface area contributed by atoms with Crippen LogP contribution in [0.2, 0.25) is 0 Å². The van der Waals surface area contributed by atoms with Crippen molar-refractivity contribution in [2.45, 2.75) is 12.8 Å². The Balaban J connectivity index is 2.08. The van der Waals surface area contributed by atoms with E-state index < -0.39 is 9.76 Å². The normalized spacial score (nSPS) is 11.1. The van der Waals surface area contributed by atoms with E-state index >= 15 is 0 Å². The Hall–Kier alpha value is -1.12. The van der Waals surface area contributed by atoms with Crippen molar-refractivity contribution in [1.29, 1.82) is 0 Å². The van der Waals surface area contributed by atoms with Crippen LogP contribution in [-0.2, 0) is 4.43 Å². The summed E-state index contributed by atoms with van der Waals surface area (Å²) >= 11 is 0. The summed E-state index contributed by atoms with van der Waals surface area (Å²) in [6, 6.07) is 10.5. The number of allylic oxidation sites excluding steroid dienone is 2. The van der Waals surface area contributed by atoms with Gasteiger partial charge in [-0.25, -0.2) is 0 Å². The molecule has 0 unspecified atom stereocenters. The van der Waals surface area contributed by atoms with Crippen molar-refractivity contribution in [3.63, 3.8) is 0 Å². The molecule has 16 heavy (non-hydrogen) atoms. The summed E-state index contributed by atoms with van der Waals surface area (Å²) in [5.74, 6) is 0.432. The minimum absolute atomic E-state index is 0.432. The first-order valence-electron chi connectivity index (χ1n) is 5.73. The molecular weight excluding hydrogens is 212 g/mol. The Kier molecular flexibility index (Phi) is 6.54. The fourth-order valence-corrected chi connectivity index (χ4v) is 2.57. The molecule has 0 aromatic heterocycles. The van der Waals surface area contributed by atoms with Crippen LogP contribution in [-0.4, -0.2) is 16.4 Å². The van der Waals surface area contributed by atoms with Crippen LogP contribution in [0, 0.1) is 5.92 Å². The van der Waals surface area contributed by atoms with Gasteiger partial charge in [-0.1, -0.05) is 42.5 Å². The van der Waals surface area contributed by atoms with E-state index in [9.17, 15) is 0 Å². The van der Waals surface area contributed by atoms with Gasteiger partial charge >= 0.3 is 0 Å². The smallest absolute Gasteiger partial charge is 0.192 e. The molecule has 0 amide bonds. The molecule has 0 saturated heterocycles. The highest BCUT2D eigenvalue weighted by Crippen LogP contribution is 2.07. The van der Waals surface area contributed by atoms with Crippen LogP contribution in [0.3, 0.4) is 0 Å². The summed E-state index contributed by atoms with van der Waals surface area (Å²) in [4.78, 5) is 0. The zero-order valence-electron chi connectivity index (χ0n) is 9.77. The summed E-state index contributed by atoms with van der Waals surface area (Å²) in [6.45, 7) is 8.41. The number of benzene rings is 1. The van der Waals surface area contributed by atoms with Crippen molar-refractivity contribution < 1.29 is 4.43 Å². The molecule has 0 heterocycles. The Bertz CT molecular complexity index is 300. The lowest BCUT2D eigenvalue weighted by Gasteiger charge is -2.07. The molecule has 0 radical (unpaired) electrons. The highest BCUT2D eigenvalue weighted by Gasteiger charge is 1.98. The lowest BCUT2D eigenvalue weighted by molar-refractivity contribution is 0.324. The van der Waals surface area contributed by atoms with Gasteiger partial charge in [-0.05, 0) is 23.9 Å². The molecule has 0 aliphatic rings. The molecule has 0 bridgehead atoms. The van der Waals surface area contributed by atoms with Gasteiger partial charge in [0, 0.05) is 6.61 Å². The van der Waals surface area contributed by atoms with Crippen LogP contribution in [0.15, 0.2) is 55.6 Å². The molecule has 0 N–H and O–H groups in total. The molecule has 0 aliphatic heterocycles. The van der Waals surface area contributed by atoms with Crippen LogP contribution >= 0.6 is 0 Å². The Labute approximate surface area is 101 Å². The second kappa shape index (κ2) is 8.08. The van der Waals surface area contributed by atoms with E-state index in [1.165, 1.54) is 5.19 Å². The van der Waals surface area contributed by atoms with Gasteiger partial charge in [0.05, 0.1) is 0 Å². The second-order valence-corrected chi connectivity index (χ2v) is 5.33. The van der Waals surface area contributed by atoms with E-state index in [1.54, 1.807) is 0 Å². The molecule has 1 aromatic rings. The molecule has 1 rings (SSSR count). The SMILES string of the molecule is C=CC(C=C)CCCO[SiH2]c1ccccc1. The van der Waals surface area contributed by atoms with E-state index in [-0.39, 0.29) is 0 Å². The number of rotatable bonds is 8. The maximum atomic E-state index is 5.73. The maximum absolute atomic E-state index is 5.73. The lowest BCUT2D eigenvalue weighted by Crippen LogP contribution is -2.17. The summed E-state index contributed by atoms with van der Waals surface area (Å²) in [7, 11) is -0.521. The molecule has 0 atom stereocenters. The highest BCUT2D eigenvalue weighted by molar-refractivity contribution is 6.46. The molecule has 86 valence electrons. The standard InChI is InChI=1S/C14H20OSi/c1-3-13(4-2)9-8-12-15-16-14-10-6-5-7-11-14/h3-7,10-11,13H,1-2,8-9,12,16H2. The van der Waals surface area contributed by atoms with Crippen molar-refractivity contribution >= 4 is 14.9 Å². The predicted molar refractivity (Wildman–Crippen MR) is 73.7 cm³/mol. The Morgan fingerprint density at radius 1 is 1.19 bits per heavy atom. The fraction of sp³-hybridized carbons (Fsp3) is 0.286. The van der Waals surface area contributed by atoms with Gasteiger partial charge in [0.25, 0.3) is 0 Å². The maximum Gasteiger partial charge on any atom is 0.192 e. The minimum Gasteiger partial charge on any atom is -0.419 e. The van der Waals surface area contributed by atoms with E-state index in [0.29, 0.717) is 5.92 Å². The van der Waals surface area contributed by atoms with Gasteiger partial charge in [-0.15, -0.1) is 13.2 Å². The van der Waals surface area contributed by atoms with Crippen molar-refractivity contribution in [3.05, 3.63) is 55.6 Å². The Morgan fingerprint density at radius 2 is 1.88 bits per heavy atom. The van der Waals surface area contributed by atoms with E-state index in [4.69, 9.17) is 4.43 Å². The third-order valence-corrected chi connectivity index (χ3v) is 3.84. The van der Waals surface area contributed by atoms with Gasteiger partial charge in [0.15, 0.2) is 9.76 Å². The molecular formula is C14H20OSi. The van der Waals surface area contributed by atoms with Gasteiger partial charge in [0.1, 0.15) is 0 Å². The minimum atomic E-state index is -0.521. The Morgan fingerprint density at radius 3 is 2.50 bits per heavy atom. The number of hydrogen-bond acceptors (Lipinski definition) is 1. The molecule has 0 spiro atoms. The van der Waals surface area contributed by atoms with Gasteiger partial charge < -0.3 is 4.43 Å². The monoisotopic (exact) mass is 232 g/mol. The van der Waals surface area contributed by atoms with Crippen molar-refractivity contribution in [2.75, 3.05) is 6.61 Å². The van der Waals surface area contributed by atoms with Crippen LogP contribution in [0.4, 0.5) is 0 Å². The van der Waals surface area contributed by atoms with E-state index in [0.717, 1.165) is 19.4 Å². The average Bonchev–Trinajstić information content (AvgIpc) is 2.35. The first kappa shape index (κ1) is 12.9. The first-order chi connectivity index (χ1) is 7.86. The van der Waals surface area contributed by atoms with Crippen LogP contribution in [0.1, 0.15) is 12.8 Å². The average molecular weight is 232 g/mol. The van der Waals surface area contributed by atoms with Gasteiger partial charge in [-0.3, -0.25) is 0 Å². The van der Waals surface area contributed by atoms with Crippen molar-refractivity contribution in [2.24, 2.45) is 5.92 Å². The van der Waals surface area contributed by atoms with Crippen molar-refractivity contribution in [3.8, 4) is 0 Å². The predicted octanol–water partition coefficient (Wildman–Crippen LogP) is 2.18. The summed E-state index contributed by atoms with van der Waals surface area (Å²) < 4.78 is 5.73. The molecule has 0 aliphatic carbocycles. The summed E-state index contributed by atoms with van der Waals surface area (Å²) in [5, 5.41) is 1.37. The quantitative estimate of drug-likeness (QED) is 0.379. The van der Waals surface area contributed by atoms with Gasteiger partial charge in [0.2, 0.25) is 0 Å².